The van der Waals surface area contributed by atoms with Crippen molar-refractivity contribution in [2.24, 2.45) is 5.92 Å². The Morgan fingerprint density at radius 1 is 1.12 bits per heavy atom. The van der Waals surface area contributed by atoms with Crippen LogP contribution >= 0.6 is 23.2 Å². The molecule has 1 aliphatic heterocycles. The van der Waals surface area contributed by atoms with E-state index in [1.807, 2.05) is 0 Å². The van der Waals surface area contributed by atoms with Gasteiger partial charge in [-0.2, -0.15) is 13.2 Å². The van der Waals surface area contributed by atoms with E-state index in [4.69, 9.17) is 23.2 Å². The fourth-order valence-corrected chi connectivity index (χ4v) is 4.92. The molecule has 0 atom stereocenters. The molecular formula is C24H20Cl2F4N2O2. The first-order chi connectivity index (χ1) is 16.1. The first-order valence-corrected chi connectivity index (χ1v) is 11.4. The predicted molar refractivity (Wildman–Crippen MR) is 122 cm³/mol. The van der Waals surface area contributed by atoms with Crippen molar-refractivity contribution in [1.82, 2.24) is 9.47 Å². The van der Waals surface area contributed by atoms with E-state index >= 15 is 0 Å². The maximum absolute atomic E-state index is 14.6. The van der Waals surface area contributed by atoms with Gasteiger partial charge in [-0.15, -0.1) is 0 Å². The topological polar surface area (TPSA) is 42.3 Å². The summed E-state index contributed by atoms with van der Waals surface area (Å²) in [5.41, 5.74) is -0.488. The van der Waals surface area contributed by atoms with Crippen molar-refractivity contribution in [2.75, 3.05) is 13.1 Å². The number of carbonyl (C=O) groups excluding carboxylic acids is 2. The van der Waals surface area contributed by atoms with Crippen LogP contribution in [0.5, 0.6) is 0 Å². The normalized spacial score (nSPS) is 15.2. The van der Waals surface area contributed by atoms with Crippen LogP contribution in [0.25, 0.3) is 10.9 Å². The molecule has 2 heterocycles. The van der Waals surface area contributed by atoms with Gasteiger partial charge in [-0.25, -0.2) is 4.39 Å². The van der Waals surface area contributed by atoms with E-state index in [2.05, 4.69) is 0 Å². The first-order valence-electron chi connectivity index (χ1n) is 10.7. The molecule has 180 valence electrons. The molecule has 1 aliphatic rings. The molecule has 2 aromatic carbocycles. The van der Waals surface area contributed by atoms with Gasteiger partial charge in [0.15, 0.2) is 0 Å². The Bertz CT molecular complexity index is 1250. The van der Waals surface area contributed by atoms with E-state index in [0.717, 1.165) is 25.2 Å². The van der Waals surface area contributed by atoms with Gasteiger partial charge in [0, 0.05) is 41.7 Å². The Morgan fingerprint density at radius 2 is 1.82 bits per heavy atom. The number of nitrogens with zero attached hydrogens (tertiary/aromatic N) is 2. The standard InChI is InChI=1S/C24H20Cl2F4N2O2/c25-19-2-1-17(23(34)31-7-3-14(4-8-31)6-10-33)21(26)18(19)13-32-9-5-15-11-16(24(28,29)30)12-20(27)22(15)32/h1-2,5,9-12,14H,3-4,6-8,13H2. The summed E-state index contributed by atoms with van der Waals surface area (Å²) in [6, 6.07) is 5.77. The number of halogens is 6. The number of fused-ring (bicyclic) bond motifs is 1. The number of likely N-dealkylation sites (tertiary alicyclic amines) is 1. The van der Waals surface area contributed by atoms with Gasteiger partial charge in [-0.3, -0.25) is 4.79 Å². The molecule has 34 heavy (non-hydrogen) atoms. The van der Waals surface area contributed by atoms with Crippen molar-refractivity contribution in [3.8, 4) is 0 Å². The number of alkyl halides is 3. The lowest BCUT2D eigenvalue weighted by Gasteiger charge is -2.31. The molecule has 10 heteroatoms. The zero-order chi connectivity index (χ0) is 24.6. The smallest absolute Gasteiger partial charge is 0.341 e. The van der Waals surface area contributed by atoms with Crippen molar-refractivity contribution in [1.29, 1.82) is 0 Å². The van der Waals surface area contributed by atoms with Gasteiger partial charge in [0.2, 0.25) is 0 Å². The number of hydrogen-bond acceptors (Lipinski definition) is 2. The van der Waals surface area contributed by atoms with E-state index < -0.39 is 17.6 Å². The van der Waals surface area contributed by atoms with Crippen LogP contribution in [0.2, 0.25) is 10.0 Å². The van der Waals surface area contributed by atoms with Crippen molar-refractivity contribution >= 4 is 46.3 Å². The van der Waals surface area contributed by atoms with E-state index in [1.54, 1.807) is 4.90 Å². The van der Waals surface area contributed by atoms with Gasteiger partial charge in [-0.05, 0) is 49.1 Å². The third-order valence-corrected chi connectivity index (χ3v) is 7.00. The molecule has 1 aromatic heterocycles. The lowest BCUT2D eigenvalue weighted by molar-refractivity contribution is -0.137. The second kappa shape index (κ2) is 9.58. The van der Waals surface area contributed by atoms with Crippen LogP contribution in [-0.2, 0) is 17.5 Å². The molecule has 0 N–H and O–H groups in total. The fraction of sp³-hybridized carbons (Fsp3) is 0.333. The Balaban J connectivity index is 1.63. The highest BCUT2D eigenvalue weighted by Crippen LogP contribution is 2.35. The average molecular weight is 515 g/mol. The molecule has 1 fully saturated rings. The highest BCUT2D eigenvalue weighted by atomic mass is 35.5. The van der Waals surface area contributed by atoms with Crippen molar-refractivity contribution in [3.63, 3.8) is 0 Å². The zero-order valence-electron chi connectivity index (χ0n) is 17.8. The van der Waals surface area contributed by atoms with Gasteiger partial charge in [-0.1, -0.05) is 23.2 Å². The average Bonchev–Trinajstić information content (AvgIpc) is 3.20. The van der Waals surface area contributed by atoms with Crippen molar-refractivity contribution < 1.29 is 27.2 Å². The number of aromatic nitrogens is 1. The van der Waals surface area contributed by atoms with Gasteiger partial charge >= 0.3 is 6.18 Å². The molecule has 0 aliphatic carbocycles. The number of carbonyl (C=O) groups is 2. The molecule has 3 aromatic rings. The minimum atomic E-state index is -4.67. The molecular weight excluding hydrogens is 495 g/mol. The highest BCUT2D eigenvalue weighted by Gasteiger charge is 2.32. The molecule has 0 saturated carbocycles. The fourth-order valence-electron chi connectivity index (χ4n) is 4.35. The quantitative estimate of drug-likeness (QED) is 0.284. The molecule has 4 rings (SSSR count). The Kier molecular flexibility index (Phi) is 6.92. The second-order valence-corrected chi connectivity index (χ2v) is 9.15. The number of rotatable bonds is 5. The summed E-state index contributed by atoms with van der Waals surface area (Å²) in [5, 5.41) is 0.451. The van der Waals surface area contributed by atoms with Crippen molar-refractivity contribution in [2.45, 2.75) is 32.0 Å². The van der Waals surface area contributed by atoms with Crippen LogP contribution in [0, 0.1) is 11.7 Å². The first kappa shape index (κ1) is 24.5. The van der Waals surface area contributed by atoms with Crippen LogP contribution in [0.3, 0.4) is 0 Å². The minimum absolute atomic E-state index is 0.0193. The summed E-state index contributed by atoms with van der Waals surface area (Å²) in [7, 11) is 0. The summed E-state index contributed by atoms with van der Waals surface area (Å²) in [5.74, 6) is -1.04. The summed E-state index contributed by atoms with van der Waals surface area (Å²) >= 11 is 12.9. The highest BCUT2D eigenvalue weighted by molar-refractivity contribution is 6.38. The Hall–Kier alpha value is -2.58. The molecule has 0 spiro atoms. The molecule has 1 saturated heterocycles. The SMILES string of the molecule is O=CCC1CCN(C(=O)c2ccc(Cl)c(Cn3ccc4cc(C(F)(F)F)cc(F)c43)c2Cl)CC1. The van der Waals surface area contributed by atoms with Gasteiger partial charge in [0.05, 0.1) is 28.2 Å². The Labute approximate surface area is 203 Å². The third-order valence-electron chi connectivity index (χ3n) is 6.22. The lowest BCUT2D eigenvalue weighted by atomic mass is 9.94. The predicted octanol–water partition coefficient (Wildman–Crippen LogP) is 6.60. The van der Waals surface area contributed by atoms with Crippen LogP contribution in [0.15, 0.2) is 36.5 Å². The van der Waals surface area contributed by atoms with Crippen LogP contribution < -0.4 is 0 Å². The number of amides is 1. The molecule has 0 bridgehead atoms. The summed E-state index contributed by atoms with van der Waals surface area (Å²) in [6.07, 6.45) is -0.414. The molecule has 4 nitrogen and oxygen atoms in total. The number of hydrogen-bond donors (Lipinski definition) is 0. The number of aldehydes is 1. The van der Waals surface area contributed by atoms with E-state index in [-0.39, 0.29) is 44.9 Å². The van der Waals surface area contributed by atoms with Crippen LogP contribution in [-0.4, -0.2) is 34.7 Å². The Morgan fingerprint density at radius 3 is 2.47 bits per heavy atom. The summed E-state index contributed by atoms with van der Waals surface area (Å²) in [6.45, 7) is 0.965. The van der Waals surface area contributed by atoms with Crippen LogP contribution in [0.4, 0.5) is 17.6 Å². The summed E-state index contributed by atoms with van der Waals surface area (Å²) in [4.78, 5) is 25.5. The monoisotopic (exact) mass is 514 g/mol. The lowest BCUT2D eigenvalue weighted by Crippen LogP contribution is -2.38. The maximum atomic E-state index is 14.6. The minimum Gasteiger partial charge on any atom is -0.341 e. The van der Waals surface area contributed by atoms with Crippen LogP contribution in [0.1, 0.15) is 40.7 Å². The van der Waals surface area contributed by atoms with Gasteiger partial charge in [0.1, 0.15) is 12.1 Å². The zero-order valence-corrected chi connectivity index (χ0v) is 19.4. The van der Waals surface area contributed by atoms with E-state index in [9.17, 15) is 27.2 Å². The van der Waals surface area contributed by atoms with E-state index in [1.165, 1.54) is 29.0 Å². The van der Waals surface area contributed by atoms with Crippen molar-refractivity contribution in [3.05, 3.63) is 69.1 Å². The number of piperidine rings is 1. The molecule has 1 amide bonds. The van der Waals surface area contributed by atoms with E-state index in [0.29, 0.717) is 31.1 Å². The second-order valence-electron chi connectivity index (χ2n) is 8.36. The molecule has 0 unspecified atom stereocenters. The van der Waals surface area contributed by atoms with Gasteiger partial charge in [0.25, 0.3) is 5.91 Å². The number of benzene rings is 2. The largest absolute Gasteiger partial charge is 0.416 e. The molecule has 0 radical (unpaired) electrons. The maximum Gasteiger partial charge on any atom is 0.416 e. The third kappa shape index (κ3) is 4.79. The van der Waals surface area contributed by atoms with Gasteiger partial charge < -0.3 is 14.3 Å². The summed E-state index contributed by atoms with van der Waals surface area (Å²) < 4.78 is 55.1.